The fraction of sp³-hybridized carbons (Fsp3) is 0.800. The first-order chi connectivity index (χ1) is 14.2. The number of hydrogen-bond acceptors (Lipinski definition) is 8. The zero-order valence-electron chi connectivity index (χ0n) is 18.7. The molecule has 0 spiro atoms. The Morgan fingerprint density at radius 2 is 1.03 bits per heavy atom. The summed E-state index contributed by atoms with van der Waals surface area (Å²) in [5.74, 6) is 8.31. The SMILES string of the molecule is CCCCC(CC)CN(N)C(=O)OC(=O)C(=O)OC(=O)N(N)CC(CC)CCCC. The van der Waals surface area contributed by atoms with Gasteiger partial charge >= 0.3 is 24.1 Å². The Morgan fingerprint density at radius 3 is 1.30 bits per heavy atom. The second kappa shape index (κ2) is 15.6. The molecule has 2 unspecified atom stereocenters. The van der Waals surface area contributed by atoms with E-state index < -0.39 is 24.1 Å². The van der Waals surface area contributed by atoms with Crippen LogP contribution in [0.1, 0.15) is 79.1 Å². The van der Waals surface area contributed by atoms with Gasteiger partial charge in [-0.3, -0.25) is 0 Å². The van der Waals surface area contributed by atoms with Gasteiger partial charge in [-0.05, 0) is 24.7 Å². The zero-order valence-corrected chi connectivity index (χ0v) is 18.7. The van der Waals surface area contributed by atoms with E-state index in [0.29, 0.717) is 0 Å². The number of carbonyl (C=O) groups is 4. The zero-order chi connectivity index (χ0) is 23.1. The Balaban J connectivity index is 4.55. The van der Waals surface area contributed by atoms with Crippen LogP contribution in [0.15, 0.2) is 0 Å². The van der Waals surface area contributed by atoms with Crippen LogP contribution < -0.4 is 11.7 Å². The maximum Gasteiger partial charge on any atom is 0.432 e. The van der Waals surface area contributed by atoms with Crippen molar-refractivity contribution >= 4 is 24.1 Å². The number of ether oxygens (including phenoxy) is 2. The minimum Gasteiger partial charge on any atom is -0.366 e. The summed E-state index contributed by atoms with van der Waals surface area (Å²) in [7, 11) is 0. The third-order valence-corrected chi connectivity index (χ3v) is 4.99. The van der Waals surface area contributed by atoms with Crippen molar-refractivity contribution in [1.29, 1.82) is 0 Å². The number of esters is 2. The average molecular weight is 431 g/mol. The molecule has 0 bridgehead atoms. The number of carbonyl (C=O) groups excluding carboxylic acids is 4. The van der Waals surface area contributed by atoms with Crippen LogP contribution in [0.5, 0.6) is 0 Å². The Bertz CT molecular complexity index is 509. The molecule has 0 aliphatic heterocycles. The van der Waals surface area contributed by atoms with Crippen LogP contribution in [-0.4, -0.2) is 47.2 Å². The maximum absolute atomic E-state index is 11.9. The highest BCUT2D eigenvalue weighted by Crippen LogP contribution is 2.14. The first-order valence-corrected chi connectivity index (χ1v) is 10.8. The highest BCUT2D eigenvalue weighted by Gasteiger charge is 2.28. The molecule has 0 aliphatic rings. The van der Waals surface area contributed by atoms with E-state index >= 15 is 0 Å². The molecule has 4 N–H and O–H groups in total. The maximum atomic E-state index is 11.9. The molecule has 0 heterocycles. The standard InChI is InChI=1S/C20H38N4O6/c1-5-9-11-15(7-3)13-23(21)19(27)29-17(25)18(26)30-20(28)24(22)14-16(8-4)12-10-6-2/h15-16H,5-14,21-22H2,1-4H3. The Hall–Kier alpha value is -2.20. The van der Waals surface area contributed by atoms with Crippen LogP contribution in [0.2, 0.25) is 0 Å². The van der Waals surface area contributed by atoms with Crippen molar-refractivity contribution in [3.63, 3.8) is 0 Å². The molecule has 30 heavy (non-hydrogen) atoms. The molecule has 0 aromatic rings. The predicted octanol–water partition coefficient (Wildman–Crippen LogP) is 3.10. The second-order valence-electron chi connectivity index (χ2n) is 7.45. The number of nitrogens with two attached hydrogens (primary N) is 2. The van der Waals surface area contributed by atoms with E-state index in [9.17, 15) is 19.2 Å². The highest BCUT2D eigenvalue weighted by molar-refractivity contribution is 6.33. The Morgan fingerprint density at radius 1 is 0.700 bits per heavy atom. The van der Waals surface area contributed by atoms with Gasteiger partial charge in [-0.15, -0.1) is 0 Å². The molecule has 0 aliphatic carbocycles. The monoisotopic (exact) mass is 430 g/mol. The van der Waals surface area contributed by atoms with E-state index in [2.05, 4.69) is 23.3 Å². The molecule has 0 rings (SSSR count). The third-order valence-electron chi connectivity index (χ3n) is 4.99. The molecule has 0 saturated heterocycles. The molecular weight excluding hydrogens is 392 g/mol. The molecule has 2 amide bonds. The van der Waals surface area contributed by atoms with Gasteiger partial charge < -0.3 is 9.47 Å². The molecule has 0 aromatic carbocycles. The molecule has 0 saturated carbocycles. The van der Waals surface area contributed by atoms with Gasteiger partial charge in [0, 0.05) is 13.1 Å². The first-order valence-electron chi connectivity index (χ1n) is 10.8. The van der Waals surface area contributed by atoms with E-state index in [1.54, 1.807) is 0 Å². The molecule has 10 nitrogen and oxygen atoms in total. The molecule has 0 radical (unpaired) electrons. The first kappa shape index (κ1) is 27.8. The fourth-order valence-electron chi connectivity index (χ4n) is 2.90. The van der Waals surface area contributed by atoms with Gasteiger partial charge in [-0.1, -0.05) is 66.2 Å². The number of hydrazine groups is 2. The average Bonchev–Trinajstić information content (AvgIpc) is 2.73. The molecule has 0 aromatic heterocycles. The normalized spacial score (nSPS) is 12.6. The van der Waals surface area contributed by atoms with Crippen molar-refractivity contribution in [2.75, 3.05) is 13.1 Å². The quantitative estimate of drug-likeness (QED) is 0.120. The fourth-order valence-corrected chi connectivity index (χ4v) is 2.90. The van der Waals surface area contributed by atoms with Gasteiger partial charge in [0.05, 0.1) is 0 Å². The lowest BCUT2D eigenvalue weighted by molar-refractivity contribution is -0.161. The van der Waals surface area contributed by atoms with Crippen molar-refractivity contribution in [1.82, 2.24) is 10.0 Å². The van der Waals surface area contributed by atoms with Gasteiger partial charge in [0.15, 0.2) is 0 Å². The number of amides is 2. The van der Waals surface area contributed by atoms with Crippen LogP contribution in [0.3, 0.4) is 0 Å². The van der Waals surface area contributed by atoms with Crippen molar-refractivity contribution < 1.29 is 28.7 Å². The van der Waals surface area contributed by atoms with Crippen molar-refractivity contribution in [3.8, 4) is 0 Å². The number of nitrogens with zero attached hydrogens (tertiary/aromatic N) is 2. The summed E-state index contributed by atoms with van der Waals surface area (Å²) in [6.45, 7) is 8.42. The molecule has 174 valence electrons. The van der Waals surface area contributed by atoms with Crippen LogP contribution >= 0.6 is 0 Å². The summed E-state index contributed by atoms with van der Waals surface area (Å²) in [5.41, 5.74) is 0. The van der Waals surface area contributed by atoms with Crippen molar-refractivity contribution in [3.05, 3.63) is 0 Å². The van der Waals surface area contributed by atoms with E-state index in [1.165, 1.54) is 0 Å². The van der Waals surface area contributed by atoms with Gasteiger partial charge in [0.25, 0.3) is 0 Å². The highest BCUT2D eigenvalue weighted by atomic mass is 16.7. The smallest absolute Gasteiger partial charge is 0.366 e. The van der Waals surface area contributed by atoms with Gasteiger partial charge in [0.2, 0.25) is 0 Å². The predicted molar refractivity (Wildman–Crippen MR) is 111 cm³/mol. The van der Waals surface area contributed by atoms with Gasteiger partial charge in [-0.2, -0.15) is 0 Å². The minimum absolute atomic E-state index is 0.149. The van der Waals surface area contributed by atoms with Gasteiger partial charge in [-0.25, -0.2) is 40.9 Å². The lowest BCUT2D eigenvalue weighted by atomic mass is 9.99. The molecular formula is C20H38N4O6. The summed E-state index contributed by atoms with van der Waals surface area (Å²) < 4.78 is 8.79. The molecule has 2 atom stereocenters. The molecule has 10 heteroatoms. The van der Waals surface area contributed by atoms with E-state index in [-0.39, 0.29) is 24.9 Å². The Kier molecular flexibility index (Phi) is 14.5. The lowest BCUT2D eigenvalue weighted by Gasteiger charge is -2.22. The number of hydrogen-bond donors (Lipinski definition) is 2. The number of unbranched alkanes of at least 4 members (excludes halogenated alkanes) is 2. The van der Waals surface area contributed by atoms with Gasteiger partial charge in [0.1, 0.15) is 0 Å². The second-order valence-corrected chi connectivity index (χ2v) is 7.45. The Labute approximate surface area is 179 Å². The van der Waals surface area contributed by atoms with Crippen LogP contribution in [-0.2, 0) is 19.1 Å². The summed E-state index contributed by atoms with van der Waals surface area (Å²) >= 11 is 0. The van der Waals surface area contributed by atoms with E-state index in [4.69, 9.17) is 11.7 Å². The van der Waals surface area contributed by atoms with Crippen molar-refractivity contribution in [2.24, 2.45) is 23.5 Å². The van der Waals surface area contributed by atoms with Crippen LogP contribution in [0.4, 0.5) is 9.59 Å². The number of rotatable bonds is 12. The molecule has 0 fully saturated rings. The summed E-state index contributed by atoms with van der Waals surface area (Å²) in [4.78, 5) is 47.3. The largest absolute Gasteiger partial charge is 0.432 e. The van der Waals surface area contributed by atoms with E-state index in [0.717, 1.165) is 61.4 Å². The van der Waals surface area contributed by atoms with E-state index in [1.807, 2.05) is 13.8 Å². The summed E-state index contributed by atoms with van der Waals surface area (Å²) in [6, 6.07) is 0. The van der Waals surface area contributed by atoms with Crippen LogP contribution in [0, 0.1) is 11.8 Å². The van der Waals surface area contributed by atoms with Crippen molar-refractivity contribution in [2.45, 2.75) is 79.1 Å². The third kappa shape index (κ3) is 11.1. The topological polar surface area (TPSA) is 145 Å². The summed E-state index contributed by atoms with van der Waals surface area (Å²) in [6.07, 6.45) is 4.99. The summed E-state index contributed by atoms with van der Waals surface area (Å²) in [5, 5.41) is 1.48. The lowest BCUT2D eigenvalue weighted by Crippen LogP contribution is -2.45. The van der Waals surface area contributed by atoms with Crippen LogP contribution in [0.25, 0.3) is 0 Å². The minimum atomic E-state index is -1.63.